The molecule has 0 fully saturated rings. The van der Waals surface area contributed by atoms with Crippen LogP contribution in [0.5, 0.6) is 0 Å². The third-order valence-corrected chi connectivity index (χ3v) is 4.77. The van der Waals surface area contributed by atoms with Crippen LogP contribution in [0, 0.1) is 0 Å². The Morgan fingerprint density at radius 3 is 2.47 bits per heavy atom. The van der Waals surface area contributed by atoms with Crippen molar-refractivity contribution < 1.29 is 4.21 Å². The summed E-state index contributed by atoms with van der Waals surface area (Å²) in [6, 6.07) is 9.46. The van der Waals surface area contributed by atoms with Crippen LogP contribution in [0.15, 0.2) is 64.9 Å². The zero-order valence-electron chi connectivity index (χ0n) is 10.0. The van der Waals surface area contributed by atoms with Gasteiger partial charge in [-0.3, -0.25) is 0 Å². The number of allylic oxidation sites excluding steroid dienone is 1. The molecule has 0 saturated carbocycles. The molecule has 0 N–H and O–H groups in total. The van der Waals surface area contributed by atoms with E-state index in [0.29, 0.717) is 12.3 Å². The molecule has 1 unspecified atom stereocenters. The normalized spacial score (nSPS) is 13.6. The monoisotopic (exact) mass is 249 g/mol. The highest BCUT2D eigenvalue weighted by Gasteiger charge is 2.10. The van der Waals surface area contributed by atoms with E-state index < -0.39 is 9.73 Å². The minimum Gasteiger partial charge on any atom is -0.245 e. The SMILES string of the molecule is C=CCCCS(=O)(=NCC=C)c1ccccc1. The van der Waals surface area contributed by atoms with E-state index in [9.17, 15) is 4.21 Å². The Bertz CT molecular complexity index is 470. The van der Waals surface area contributed by atoms with Crippen molar-refractivity contribution in [2.45, 2.75) is 17.7 Å². The fraction of sp³-hybridized carbons (Fsp3) is 0.286. The zero-order valence-corrected chi connectivity index (χ0v) is 10.9. The molecule has 3 heteroatoms. The maximum Gasteiger partial charge on any atom is 0.0755 e. The van der Waals surface area contributed by atoms with Gasteiger partial charge in [0.2, 0.25) is 0 Å². The van der Waals surface area contributed by atoms with Gasteiger partial charge in [0, 0.05) is 10.6 Å². The Labute approximate surface area is 104 Å². The molecular weight excluding hydrogens is 230 g/mol. The number of unbranched alkanes of at least 4 members (excludes halogenated alkanes) is 1. The number of benzene rings is 1. The van der Waals surface area contributed by atoms with Gasteiger partial charge >= 0.3 is 0 Å². The van der Waals surface area contributed by atoms with Crippen LogP contribution in [0.3, 0.4) is 0 Å². The standard InChI is InChI=1S/C14H19NOS/c1-3-5-9-13-17(16,15-12-4-2)14-10-7-6-8-11-14/h3-4,6-8,10-11H,1-2,5,9,12-13H2. The average Bonchev–Trinajstić information content (AvgIpc) is 2.38. The lowest BCUT2D eigenvalue weighted by Gasteiger charge is -2.09. The summed E-state index contributed by atoms with van der Waals surface area (Å²) in [5, 5.41) is 0. The fourth-order valence-electron chi connectivity index (χ4n) is 1.49. The highest BCUT2D eigenvalue weighted by Crippen LogP contribution is 2.15. The van der Waals surface area contributed by atoms with E-state index in [1.165, 1.54) is 0 Å². The Morgan fingerprint density at radius 1 is 1.18 bits per heavy atom. The Kier molecular flexibility index (Phi) is 5.70. The maximum absolute atomic E-state index is 12.8. The van der Waals surface area contributed by atoms with E-state index in [0.717, 1.165) is 17.7 Å². The number of hydrogen-bond acceptors (Lipinski definition) is 2. The molecule has 0 bridgehead atoms. The summed E-state index contributed by atoms with van der Waals surface area (Å²) in [7, 11) is -2.30. The Morgan fingerprint density at radius 2 is 1.88 bits per heavy atom. The zero-order chi connectivity index (χ0) is 12.6. The van der Waals surface area contributed by atoms with E-state index in [1.807, 2.05) is 36.4 Å². The molecule has 92 valence electrons. The molecule has 1 aromatic rings. The van der Waals surface area contributed by atoms with Crippen LogP contribution in [0.25, 0.3) is 0 Å². The second-order valence-corrected chi connectivity index (χ2v) is 6.11. The van der Waals surface area contributed by atoms with Gasteiger partial charge in [0.15, 0.2) is 0 Å². The quantitative estimate of drug-likeness (QED) is 0.535. The molecular formula is C14H19NOS. The molecule has 0 aliphatic heterocycles. The molecule has 0 aromatic heterocycles. The van der Waals surface area contributed by atoms with Gasteiger partial charge in [0.05, 0.1) is 16.3 Å². The van der Waals surface area contributed by atoms with Crippen LogP contribution in [-0.4, -0.2) is 16.5 Å². The number of nitrogens with zero attached hydrogens (tertiary/aromatic N) is 1. The summed E-state index contributed by atoms with van der Waals surface area (Å²) in [6.07, 6.45) is 5.24. The second-order valence-electron chi connectivity index (χ2n) is 3.69. The van der Waals surface area contributed by atoms with Crippen molar-refractivity contribution in [2.24, 2.45) is 4.36 Å². The van der Waals surface area contributed by atoms with Crippen LogP contribution in [-0.2, 0) is 9.73 Å². The predicted molar refractivity (Wildman–Crippen MR) is 74.6 cm³/mol. The predicted octanol–water partition coefficient (Wildman–Crippen LogP) is 3.67. The number of rotatable bonds is 7. The highest BCUT2D eigenvalue weighted by molar-refractivity contribution is 7.93. The van der Waals surface area contributed by atoms with Crippen molar-refractivity contribution in [1.82, 2.24) is 0 Å². The van der Waals surface area contributed by atoms with Gasteiger partial charge in [-0.1, -0.05) is 30.4 Å². The van der Waals surface area contributed by atoms with Crippen LogP contribution in [0.2, 0.25) is 0 Å². The molecule has 0 saturated heterocycles. The molecule has 0 amide bonds. The lowest BCUT2D eigenvalue weighted by molar-refractivity contribution is 0.672. The smallest absolute Gasteiger partial charge is 0.0755 e. The number of hydrogen-bond donors (Lipinski definition) is 0. The van der Waals surface area contributed by atoms with Crippen LogP contribution < -0.4 is 0 Å². The molecule has 1 rings (SSSR count). The lowest BCUT2D eigenvalue weighted by Crippen LogP contribution is -2.07. The van der Waals surface area contributed by atoms with E-state index in [4.69, 9.17) is 0 Å². The molecule has 0 aliphatic carbocycles. The first-order valence-electron chi connectivity index (χ1n) is 5.70. The minimum atomic E-state index is -2.30. The topological polar surface area (TPSA) is 29.4 Å². The second kappa shape index (κ2) is 7.07. The summed E-state index contributed by atoms with van der Waals surface area (Å²) in [4.78, 5) is 0.811. The highest BCUT2D eigenvalue weighted by atomic mass is 32.2. The third kappa shape index (κ3) is 4.19. The van der Waals surface area contributed by atoms with Gasteiger partial charge in [-0.05, 0) is 25.0 Å². The van der Waals surface area contributed by atoms with Gasteiger partial charge in [-0.25, -0.2) is 8.57 Å². The minimum absolute atomic E-state index is 0.432. The first-order chi connectivity index (χ1) is 8.23. The molecule has 1 atom stereocenters. The van der Waals surface area contributed by atoms with Crippen molar-refractivity contribution in [3.8, 4) is 0 Å². The Hall–Kier alpha value is -1.35. The molecule has 0 spiro atoms. The van der Waals surface area contributed by atoms with E-state index in [1.54, 1.807) is 6.08 Å². The van der Waals surface area contributed by atoms with Crippen molar-refractivity contribution in [1.29, 1.82) is 0 Å². The molecule has 2 nitrogen and oxygen atoms in total. The molecule has 0 heterocycles. The first kappa shape index (κ1) is 13.7. The fourth-order valence-corrected chi connectivity index (χ4v) is 3.49. The largest absolute Gasteiger partial charge is 0.245 e. The summed E-state index contributed by atoms with van der Waals surface area (Å²) >= 11 is 0. The van der Waals surface area contributed by atoms with Gasteiger partial charge in [-0.2, -0.15) is 0 Å². The van der Waals surface area contributed by atoms with Gasteiger partial charge in [-0.15, -0.1) is 13.2 Å². The maximum atomic E-state index is 12.8. The Balaban J connectivity index is 2.98. The summed E-state index contributed by atoms with van der Waals surface area (Å²) in [5.74, 6) is 0.580. The van der Waals surface area contributed by atoms with Crippen molar-refractivity contribution in [3.63, 3.8) is 0 Å². The van der Waals surface area contributed by atoms with Gasteiger partial charge in [0.1, 0.15) is 0 Å². The summed E-state index contributed by atoms with van der Waals surface area (Å²) < 4.78 is 17.1. The van der Waals surface area contributed by atoms with Gasteiger partial charge in [0.25, 0.3) is 0 Å². The lowest BCUT2D eigenvalue weighted by atomic mass is 10.3. The summed E-state index contributed by atoms with van der Waals surface area (Å²) in [6.45, 7) is 7.73. The van der Waals surface area contributed by atoms with Crippen molar-refractivity contribution in [2.75, 3.05) is 12.3 Å². The van der Waals surface area contributed by atoms with Crippen LogP contribution in [0.4, 0.5) is 0 Å². The van der Waals surface area contributed by atoms with Crippen LogP contribution in [0.1, 0.15) is 12.8 Å². The van der Waals surface area contributed by atoms with Crippen molar-refractivity contribution >= 4 is 9.73 Å². The third-order valence-electron chi connectivity index (χ3n) is 2.35. The molecule has 0 radical (unpaired) electrons. The molecule has 17 heavy (non-hydrogen) atoms. The van der Waals surface area contributed by atoms with E-state index in [2.05, 4.69) is 17.5 Å². The van der Waals surface area contributed by atoms with Gasteiger partial charge < -0.3 is 0 Å². The molecule has 1 aromatic carbocycles. The first-order valence-corrected chi connectivity index (χ1v) is 7.39. The average molecular weight is 249 g/mol. The van der Waals surface area contributed by atoms with Crippen LogP contribution >= 0.6 is 0 Å². The van der Waals surface area contributed by atoms with E-state index in [-0.39, 0.29) is 0 Å². The summed E-state index contributed by atoms with van der Waals surface area (Å²) in [5.41, 5.74) is 0. The van der Waals surface area contributed by atoms with E-state index >= 15 is 0 Å². The van der Waals surface area contributed by atoms with Crippen molar-refractivity contribution in [3.05, 3.63) is 55.6 Å². The molecule has 0 aliphatic rings.